The number of benzene rings is 2. The van der Waals surface area contributed by atoms with Gasteiger partial charge in [-0.3, -0.25) is 14.5 Å². The van der Waals surface area contributed by atoms with Gasteiger partial charge in [0, 0.05) is 16.6 Å². The number of nitrogens with zero attached hydrogens (tertiary/aromatic N) is 3. The van der Waals surface area contributed by atoms with Gasteiger partial charge in [0.15, 0.2) is 5.69 Å². The Morgan fingerprint density at radius 2 is 1.77 bits per heavy atom. The summed E-state index contributed by atoms with van der Waals surface area (Å²) in [6, 6.07) is 9.38. The van der Waals surface area contributed by atoms with Gasteiger partial charge in [-0.05, 0) is 68.2 Å². The van der Waals surface area contributed by atoms with Crippen LogP contribution in [-0.2, 0) is 4.79 Å². The van der Waals surface area contributed by atoms with Crippen LogP contribution in [0.1, 0.15) is 42.9 Å². The SMILES string of the molecule is CC(C)(C)NC(=O)C(c1ccc(F)cc1)N(C(=O)c1csnn1)c1cccc(F)c1. The second-order valence-electron chi connectivity index (χ2n) is 7.64. The number of carbonyl (C=O) groups excluding carboxylic acids is 2. The van der Waals surface area contributed by atoms with Crippen LogP contribution in [0.5, 0.6) is 0 Å². The highest BCUT2D eigenvalue weighted by Gasteiger charge is 2.36. The molecule has 0 aliphatic heterocycles. The van der Waals surface area contributed by atoms with Gasteiger partial charge in [-0.25, -0.2) is 8.78 Å². The summed E-state index contributed by atoms with van der Waals surface area (Å²) in [6.45, 7) is 5.39. The summed E-state index contributed by atoms with van der Waals surface area (Å²) < 4.78 is 31.2. The fourth-order valence-electron chi connectivity index (χ4n) is 2.89. The van der Waals surface area contributed by atoms with Crippen LogP contribution in [0, 0.1) is 11.6 Å². The van der Waals surface area contributed by atoms with Crippen molar-refractivity contribution in [1.29, 1.82) is 0 Å². The Bertz CT molecular complexity index is 1030. The Morgan fingerprint density at radius 1 is 1.07 bits per heavy atom. The van der Waals surface area contributed by atoms with Crippen LogP contribution >= 0.6 is 11.5 Å². The molecule has 3 rings (SSSR count). The minimum absolute atomic E-state index is 0.0138. The molecule has 0 bridgehead atoms. The number of rotatable bonds is 5. The molecule has 1 aromatic heterocycles. The first kappa shape index (κ1) is 21.5. The van der Waals surface area contributed by atoms with Crippen molar-refractivity contribution < 1.29 is 18.4 Å². The fraction of sp³-hybridized carbons (Fsp3) is 0.238. The zero-order chi connectivity index (χ0) is 21.9. The lowest BCUT2D eigenvalue weighted by molar-refractivity contribution is -0.123. The summed E-state index contributed by atoms with van der Waals surface area (Å²) in [6.07, 6.45) is 0. The predicted molar refractivity (Wildman–Crippen MR) is 110 cm³/mol. The van der Waals surface area contributed by atoms with Gasteiger partial charge in [-0.1, -0.05) is 22.7 Å². The highest BCUT2D eigenvalue weighted by atomic mass is 32.1. The average Bonchev–Trinajstić information content (AvgIpc) is 3.20. The zero-order valence-corrected chi connectivity index (χ0v) is 17.4. The maximum Gasteiger partial charge on any atom is 0.280 e. The van der Waals surface area contributed by atoms with Crippen LogP contribution in [0.2, 0.25) is 0 Å². The number of nitrogens with one attached hydrogen (secondary N) is 1. The molecule has 3 aromatic rings. The van der Waals surface area contributed by atoms with Crippen molar-refractivity contribution in [1.82, 2.24) is 14.9 Å². The maximum absolute atomic E-state index is 14.0. The number of carbonyl (C=O) groups is 2. The van der Waals surface area contributed by atoms with Crippen molar-refractivity contribution in [3.63, 3.8) is 0 Å². The molecule has 0 aliphatic rings. The van der Waals surface area contributed by atoms with Gasteiger partial charge in [0.05, 0.1) is 0 Å². The first-order chi connectivity index (χ1) is 14.2. The quantitative estimate of drug-likeness (QED) is 0.661. The summed E-state index contributed by atoms with van der Waals surface area (Å²) in [5.41, 5.74) is -0.0703. The van der Waals surface area contributed by atoms with E-state index in [-0.39, 0.29) is 11.4 Å². The van der Waals surface area contributed by atoms with E-state index < -0.39 is 35.0 Å². The van der Waals surface area contributed by atoms with E-state index in [9.17, 15) is 18.4 Å². The average molecular weight is 430 g/mol. The highest BCUT2D eigenvalue weighted by Crippen LogP contribution is 2.30. The minimum atomic E-state index is -1.19. The normalized spacial score (nSPS) is 12.3. The van der Waals surface area contributed by atoms with Gasteiger partial charge < -0.3 is 5.32 Å². The molecule has 30 heavy (non-hydrogen) atoms. The molecule has 1 unspecified atom stereocenters. The van der Waals surface area contributed by atoms with Gasteiger partial charge in [0.2, 0.25) is 5.91 Å². The van der Waals surface area contributed by atoms with Gasteiger partial charge in [0.25, 0.3) is 5.91 Å². The van der Waals surface area contributed by atoms with Gasteiger partial charge in [-0.2, -0.15) is 0 Å². The number of amides is 2. The van der Waals surface area contributed by atoms with E-state index in [1.54, 1.807) is 20.8 Å². The Balaban J connectivity index is 2.18. The van der Waals surface area contributed by atoms with Gasteiger partial charge in [0.1, 0.15) is 17.7 Å². The van der Waals surface area contributed by atoms with Crippen molar-refractivity contribution >= 4 is 29.0 Å². The summed E-state index contributed by atoms with van der Waals surface area (Å²) in [4.78, 5) is 27.8. The molecule has 1 N–H and O–H groups in total. The summed E-state index contributed by atoms with van der Waals surface area (Å²) >= 11 is 0.979. The topological polar surface area (TPSA) is 75.2 Å². The Labute approximate surface area is 176 Å². The van der Waals surface area contributed by atoms with E-state index in [0.717, 1.165) is 22.5 Å². The van der Waals surface area contributed by atoms with Gasteiger partial charge in [-0.15, -0.1) is 5.10 Å². The molecular weight excluding hydrogens is 410 g/mol. The summed E-state index contributed by atoms with van der Waals surface area (Å²) in [5.74, 6) is -2.19. The van der Waals surface area contributed by atoms with Crippen LogP contribution in [0.25, 0.3) is 0 Å². The smallest absolute Gasteiger partial charge is 0.280 e. The Morgan fingerprint density at radius 3 is 2.33 bits per heavy atom. The number of aromatic nitrogens is 2. The standard InChI is InChI=1S/C21H20F2N4O2S/c1-21(2,3)24-19(28)18(13-7-9-14(22)10-8-13)27(16-6-4-5-15(23)11-16)20(29)17-12-30-26-25-17/h4-12,18H,1-3H3,(H,24,28). The summed E-state index contributed by atoms with van der Waals surface area (Å²) in [5, 5.41) is 8.09. The number of halogens is 2. The number of anilines is 1. The van der Waals surface area contributed by atoms with Crippen LogP contribution in [-0.4, -0.2) is 26.9 Å². The van der Waals surface area contributed by atoms with E-state index in [1.807, 2.05) is 0 Å². The summed E-state index contributed by atoms with van der Waals surface area (Å²) in [7, 11) is 0. The molecule has 0 aliphatic carbocycles. The highest BCUT2D eigenvalue weighted by molar-refractivity contribution is 7.03. The molecule has 0 fully saturated rings. The number of hydrogen-bond acceptors (Lipinski definition) is 5. The molecule has 0 spiro atoms. The predicted octanol–water partition coefficient (Wildman–Crippen LogP) is 4.12. The molecular formula is C21H20F2N4O2S. The molecule has 2 aromatic carbocycles. The zero-order valence-electron chi connectivity index (χ0n) is 16.6. The fourth-order valence-corrected chi connectivity index (χ4v) is 3.32. The second-order valence-corrected chi connectivity index (χ2v) is 8.25. The molecule has 2 amide bonds. The van der Waals surface area contributed by atoms with Crippen LogP contribution < -0.4 is 10.2 Å². The lowest BCUT2D eigenvalue weighted by Crippen LogP contribution is -2.49. The first-order valence-corrected chi connectivity index (χ1v) is 9.93. The van der Waals surface area contributed by atoms with Gasteiger partial charge >= 0.3 is 0 Å². The third-order valence-electron chi connectivity index (χ3n) is 4.07. The monoisotopic (exact) mass is 430 g/mol. The first-order valence-electron chi connectivity index (χ1n) is 9.09. The van der Waals surface area contributed by atoms with Crippen molar-refractivity contribution in [2.24, 2.45) is 0 Å². The van der Waals surface area contributed by atoms with Crippen molar-refractivity contribution in [3.8, 4) is 0 Å². The second kappa shape index (κ2) is 8.66. The largest absolute Gasteiger partial charge is 0.349 e. The van der Waals surface area contributed by atoms with Crippen molar-refractivity contribution in [3.05, 3.63) is 76.8 Å². The van der Waals surface area contributed by atoms with E-state index >= 15 is 0 Å². The van der Waals surface area contributed by atoms with Crippen LogP contribution in [0.4, 0.5) is 14.5 Å². The van der Waals surface area contributed by atoms with Crippen molar-refractivity contribution in [2.45, 2.75) is 32.4 Å². The molecule has 0 saturated heterocycles. The molecule has 156 valence electrons. The van der Waals surface area contributed by atoms with E-state index in [1.165, 1.54) is 47.8 Å². The minimum Gasteiger partial charge on any atom is -0.349 e. The van der Waals surface area contributed by atoms with Crippen LogP contribution in [0.3, 0.4) is 0 Å². The van der Waals surface area contributed by atoms with E-state index in [4.69, 9.17) is 0 Å². The number of hydrogen-bond donors (Lipinski definition) is 1. The lowest BCUT2D eigenvalue weighted by atomic mass is 10.0. The Hall–Kier alpha value is -3.20. The molecule has 6 nitrogen and oxygen atoms in total. The van der Waals surface area contributed by atoms with Crippen molar-refractivity contribution in [2.75, 3.05) is 4.90 Å². The maximum atomic E-state index is 14.0. The molecule has 1 heterocycles. The Kier molecular flexibility index (Phi) is 6.21. The van der Waals surface area contributed by atoms with E-state index in [0.29, 0.717) is 5.56 Å². The molecule has 0 radical (unpaired) electrons. The van der Waals surface area contributed by atoms with E-state index in [2.05, 4.69) is 14.9 Å². The molecule has 9 heteroatoms. The van der Waals surface area contributed by atoms with Crippen LogP contribution in [0.15, 0.2) is 53.9 Å². The molecule has 0 saturated carbocycles. The lowest BCUT2D eigenvalue weighted by Gasteiger charge is -2.33. The molecule has 1 atom stereocenters. The third-order valence-corrected chi connectivity index (χ3v) is 4.58. The third kappa shape index (κ3) is 5.04.